The van der Waals surface area contributed by atoms with E-state index in [0.29, 0.717) is 18.2 Å². The smallest absolute Gasteiger partial charge is 0.313 e. The van der Waals surface area contributed by atoms with Gasteiger partial charge >= 0.3 is 11.8 Å². The van der Waals surface area contributed by atoms with E-state index in [2.05, 4.69) is 26.6 Å². The highest BCUT2D eigenvalue weighted by molar-refractivity contribution is 9.10. The van der Waals surface area contributed by atoms with Gasteiger partial charge in [0.1, 0.15) is 0 Å². The summed E-state index contributed by atoms with van der Waals surface area (Å²) in [7, 11) is 0. The first-order chi connectivity index (χ1) is 7.99. The van der Waals surface area contributed by atoms with Crippen LogP contribution in [-0.2, 0) is 9.59 Å². The fraction of sp³-hybridized carbons (Fsp3) is 0.333. The van der Waals surface area contributed by atoms with E-state index in [1.807, 2.05) is 19.9 Å². The molecule has 1 aromatic rings. The molecule has 2 amide bonds. The van der Waals surface area contributed by atoms with Crippen LogP contribution in [0.25, 0.3) is 0 Å². The van der Waals surface area contributed by atoms with Crippen LogP contribution in [0, 0.1) is 5.92 Å². The Morgan fingerprint density at radius 2 is 2.00 bits per heavy atom. The van der Waals surface area contributed by atoms with E-state index in [1.165, 1.54) is 0 Å². The van der Waals surface area contributed by atoms with Crippen LogP contribution < -0.4 is 10.6 Å². The van der Waals surface area contributed by atoms with E-state index < -0.39 is 11.8 Å². The number of hydrogen-bond donors (Lipinski definition) is 2. The summed E-state index contributed by atoms with van der Waals surface area (Å²) in [6.07, 6.45) is 0. The van der Waals surface area contributed by atoms with Gasteiger partial charge in [-0.2, -0.15) is 0 Å². The van der Waals surface area contributed by atoms with Crippen LogP contribution in [0.2, 0.25) is 0 Å². The summed E-state index contributed by atoms with van der Waals surface area (Å²) in [5, 5.41) is 5.08. The van der Waals surface area contributed by atoms with Gasteiger partial charge in [0, 0.05) is 16.7 Å². The van der Waals surface area contributed by atoms with Crippen LogP contribution >= 0.6 is 15.9 Å². The van der Waals surface area contributed by atoms with Gasteiger partial charge in [-0.1, -0.05) is 35.8 Å². The predicted molar refractivity (Wildman–Crippen MR) is 70.6 cm³/mol. The number of rotatable bonds is 3. The third kappa shape index (κ3) is 4.99. The molecule has 0 aliphatic heterocycles. The van der Waals surface area contributed by atoms with Gasteiger partial charge in [0.2, 0.25) is 0 Å². The topological polar surface area (TPSA) is 58.2 Å². The molecule has 1 rings (SSSR count). The molecule has 0 atom stereocenters. The Morgan fingerprint density at radius 3 is 2.59 bits per heavy atom. The molecule has 0 aliphatic rings. The van der Waals surface area contributed by atoms with Gasteiger partial charge in [0.15, 0.2) is 0 Å². The Bertz CT molecular complexity index is 419. The van der Waals surface area contributed by atoms with Crippen molar-refractivity contribution in [3.05, 3.63) is 28.7 Å². The largest absolute Gasteiger partial charge is 0.348 e. The molecule has 0 fully saturated rings. The van der Waals surface area contributed by atoms with Crippen molar-refractivity contribution in [2.24, 2.45) is 5.92 Å². The summed E-state index contributed by atoms with van der Waals surface area (Å²) in [6, 6.07) is 7.08. The number of anilines is 1. The van der Waals surface area contributed by atoms with Crippen molar-refractivity contribution in [3.63, 3.8) is 0 Å². The zero-order valence-corrected chi connectivity index (χ0v) is 11.4. The lowest BCUT2D eigenvalue weighted by molar-refractivity contribution is -0.136. The maximum absolute atomic E-state index is 11.5. The fourth-order valence-corrected chi connectivity index (χ4v) is 1.53. The Morgan fingerprint density at radius 1 is 1.29 bits per heavy atom. The van der Waals surface area contributed by atoms with E-state index in [9.17, 15) is 9.59 Å². The summed E-state index contributed by atoms with van der Waals surface area (Å²) < 4.78 is 0.845. The Labute approximate surface area is 109 Å². The molecule has 0 spiro atoms. The molecular formula is C12H15BrN2O2. The van der Waals surface area contributed by atoms with Crippen molar-refractivity contribution in [2.75, 3.05) is 11.9 Å². The van der Waals surface area contributed by atoms with Gasteiger partial charge in [-0.25, -0.2) is 0 Å². The van der Waals surface area contributed by atoms with E-state index in [0.717, 1.165) is 4.47 Å². The van der Waals surface area contributed by atoms with Crippen LogP contribution in [0.1, 0.15) is 13.8 Å². The number of amides is 2. The van der Waals surface area contributed by atoms with Crippen molar-refractivity contribution in [3.8, 4) is 0 Å². The second-order valence-electron chi connectivity index (χ2n) is 4.07. The molecule has 0 saturated heterocycles. The second kappa shape index (κ2) is 6.39. The van der Waals surface area contributed by atoms with Gasteiger partial charge in [-0.3, -0.25) is 9.59 Å². The summed E-state index contributed by atoms with van der Waals surface area (Å²) >= 11 is 3.29. The SMILES string of the molecule is CC(C)CNC(=O)C(=O)Nc1cccc(Br)c1. The van der Waals surface area contributed by atoms with Gasteiger partial charge in [0.25, 0.3) is 0 Å². The lowest BCUT2D eigenvalue weighted by atomic mass is 10.2. The lowest BCUT2D eigenvalue weighted by Crippen LogP contribution is -2.37. The number of carbonyl (C=O) groups excluding carboxylic acids is 2. The summed E-state index contributed by atoms with van der Waals surface area (Å²) in [5.74, 6) is -0.944. The molecule has 0 heterocycles. The first kappa shape index (κ1) is 13.7. The Hall–Kier alpha value is -1.36. The number of nitrogens with one attached hydrogen (secondary N) is 2. The average molecular weight is 299 g/mol. The maximum Gasteiger partial charge on any atom is 0.313 e. The van der Waals surface area contributed by atoms with Gasteiger partial charge < -0.3 is 10.6 Å². The maximum atomic E-state index is 11.5. The number of benzene rings is 1. The molecular weight excluding hydrogens is 284 g/mol. The molecule has 2 N–H and O–H groups in total. The molecule has 1 aromatic carbocycles. The van der Waals surface area contributed by atoms with Crippen LogP contribution in [-0.4, -0.2) is 18.4 Å². The molecule has 0 radical (unpaired) electrons. The fourth-order valence-electron chi connectivity index (χ4n) is 1.13. The molecule has 5 heteroatoms. The van der Waals surface area contributed by atoms with Gasteiger partial charge in [-0.05, 0) is 24.1 Å². The molecule has 4 nitrogen and oxygen atoms in total. The van der Waals surface area contributed by atoms with E-state index in [-0.39, 0.29) is 0 Å². The van der Waals surface area contributed by atoms with E-state index >= 15 is 0 Å². The predicted octanol–water partition coefficient (Wildman–Crippen LogP) is 2.16. The summed E-state index contributed by atoms with van der Waals surface area (Å²) in [4.78, 5) is 22.9. The van der Waals surface area contributed by atoms with Gasteiger partial charge in [0.05, 0.1) is 0 Å². The summed E-state index contributed by atoms with van der Waals surface area (Å²) in [5.41, 5.74) is 0.587. The summed E-state index contributed by atoms with van der Waals surface area (Å²) in [6.45, 7) is 4.42. The number of hydrogen-bond acceptors (Lipinski definition) is 2. The third-order valence-electron chi connectivity index (χ3n) is 1.96. The molecule has 0 saturated carbocycles. The van der Waals surface area contributed by atoms with Gasteiger partial charge in [-0.15, -0.1) is 0 Å². The average Bonchev–Trinajstić information content (AvgIpc) is 2.25. The van der Waals surface area contributed by atoms with Crippen LogP contribution in [0.3, 0.4) is 0 Å². The zero-order chi connectivity index (χ0) is 12.8. The molecule has 17 heavy (non-hydrogen) atoms. The molecule has 0 unspecified atom stereocenters. The van der Waals surface area contributed by atoms with Crippen molar-refractivity contribution in [1.82, 2.24) is 5.32 Å². The minimum absolute atomic E-state index is 0.317. The lowest BCUT2D eigenvalue weighted by Gasteiger charge is -2.08. The van der Waals surface area contributed by atoms with Crippen molar-refractivity contribution < 1.29 is 9.59 Å². The normalized spacial score (nSPS) is 10.1. The Kier molecular flexibility index (Phi) is 5.15. The van der Waals surface area contributed by atoms with Crippen molar-refractivity contribution in [2.45, 2.75) is 13.8 Å². The molecule has 92 valence electrons. The van der Waals surface area contributed by atoms with Crippen LogP contribution in [0.15, 0.2) is 28.7 Å². The highest BCUT2D eigenvalue weighted by atomic mass is 79.9. The first-order valence-corrected chi connectivity index (χ1v) is 6.13. The number of halogens is 1. The standard InChI is InChI=1S/C12H15BrN2O2/c1-8(2)7-14-11(16)12(17)15-10-5-3-4-9(13)6-10/h3-6,8H,7H2,1-2H3,(H,14,16)(H,15,17). The molecule has 0 aliphatic carbocycles. The monoisotopic (exact) mass is 298 g/mol. The first-order valence-electron chi connectivity index (χ1n) is 5.34. The van der Waals surface area contributed by atoms with Crippen molar-refractivity contribution in [1.29, 1.82) is 0 Å². The van der Waals surface area contributed by atoms with Crippen molar-refractivity contribution >= 4 is 33.4 Å². The Balaban J connectivity index is 2.51. The van der Waals surface area contributed by atoms with Crippen LogP contribution in [0.5, 0.6) is 0 Å². The highest BCUT2D eigenvalue weighted by Crippen LogP contribution is 2.15. The number of carbonyl (C=O) groups is 2. The third-order valence-corrected chi connectivity index (χ3v) is 2.45. The van der Waals surface area contributed by atoms with E-state index in [4.69, 9.17) is 0 Å². The second-order valence-corrected chi connectivity index (χ2v) is 4.98. The minimum atomic E-state index is -0.649. The molecule has 0 aromatic heterocycles. The van der Waals surface area contributed by atoms with Crippen LogP contribution in [0.4, 0.5) is 5.69 Å². The highest BCUT2D eigenvalue weighted by Gasteiger charge is 2.13. The van der Waals surface area contributed by atoms with E-state index in [1.54, 1.807) is 18.2 Å². The molecule has 0 bridgehead atoms. The quantitative estimate of drug-likeness (QED) is 0.840. The minimum Gasteiger partial charge on any atom is -0.348 e. The zero-order valence-electron chi connectivity index (χ0n) is 9.79.